The van der Waals surface area contributed by atoms with Crippen molar-refractivity contribution in [3.8, 4) is 0 Å². The molecule has 1 unspecified atom stereocenters. The first-order valence-corrected chi connectivity index (χ1v) is 5.90. The number of rotatable bonds is 3. The van der Waals surface area contributed by atoms with Crippen LogP contribution in [0, 0.1) is 0 Å². The zero-order valence-electron chi connectivity index (χ0n) is 6.84. The summed E-state index contributed by atoms with van der Waals surface area (Å²) in [6.45, 7) is -0.289. The molecule has 0 aromatic carbocycles. The van der Waals surface area contributed by atoms with Gasteiger partial charge in [-0.2, -0.15) is 4.21 Å². The fraction of sp³-hybridized carbons (Fsp3) is 0.167. The van der Waals surface area contributed by atoms with Gasteiger partial charge < -0.3 is 0 Å². The Morgan fingerprint density at radius 3 is 2.07 bits per heavy atom. The number of aromatic nitrogens is 1. The van der Waals surface area contributed by atoms with Gasteiger partial charge >= 0.3 is 11.4 Å². The lowest BCUT2D eigenvalue weighted by molar-refractivity contribution is 0.297. The molecule has 0 bridgehead atoms. The average Bonchev–Trinajstić information content (AvgIpc) is 2.14. The first kappa shape index (κ1) is 13.4. The molecule has 0 amide bonds. The molecule has 84 valence electrons. The Bertz CT molecular complexity index is 388. The van der Waals surface area contributed by atoms with Gasteiger partial charge in [0.2, 0.25) is 0 Å². The van der Waals surface area contributed by atoms with Crippen LogP contribution in [0.2, 0.25) is 20.4 Å². The molecule has 1 N–H and O–H groups in total. The van der Waals surface area contributed by atoms with E-state index in [1.54, 1.807) is 0 Å². The molecule has 0 aliphatic carbocycles. The molecular weight excluding hydrogens is 308 g/mol. The molecule has 0 aliphatic heterocycles. The molecular formula is C6H3Cl4NO3S. The zero-order chi connectivity index (χ0) is 11.6. The van der Waals surface area contributed by atoms with Crippen LogP contribution in [0.4, 0.5) is 0 Å². The Morgan fingerprint density at radius 2 is 1.67 bits per heavy atom. The van der Waals surface area contributed by atoms with Crippen molar-refractivity contribution in [3.63, 3.8) is 0 Å². The van der Waals surface area contributed by atoms with E-state index in [-0.39, 0.29) is 32.5 Å². The Labute approximate surface area is 108 Å². The predicted molar refractivity (Wildman–Crippen MR) is 59.8 cm³/mol. The van der Waals surface area contributed by atoms with Crippen molar-refractivity contribution >= 4 is 57.8 Å². The van der Waals surface area contributed by atoms with Crippen LogP contribution in [-0.2, 0) is 22.2 Å². The standard InChI is InChI=1S/C6H3Cl4NO3S/c7-3-2(1-14-15(12)13)4(8)6(10)11-5(3)9/h1H2,(H,12,13). The van der Waals surface area contributed by atoms with E-state index in [4.69, 9.17) is 51.0 Å². The summed E-state index contributed by atoms with van der Waals surface area (Å²) in [6.07, 6.45) is 0. The SMILES string of the molecule is O=S(O)OCc1c(Cl)c(Cl)nc(Cl)c1Cl. The van der Waals surface area contributed by atoms with Gasteiger partial charge in [-0.3, -0.25) is 8.74 Å². The number of nitrogens with zero attached hydrogens (tertiary/aromatic N) is 1. The average molecular weight is 311 g/mol. The van der Waals surface area contributed by atoms with Gasteiger partial charge in [0, 0.05) is 5.56 Å². The fourth-order valence-corrected chi connectivity index (χ4v) is 1.86. The smallest absolute Gasteiger partial charge is 0.284 e. The fourth-order valence-electron chi connectivity index (χ4n) is 0.766. The maximum Gasteiger partial charge on any atom is 0.302 e. The highest BCUT2D eigenvalue weighted by Crippen LogP contribution is 2.34. The minimum Gasteiger partial charge on any atom is -0.284 e. The van der Waals surface area contributed by atoms with Gasteiger partial charge in [0.25, 0.3) is 0 Å². The van der Waals surface area contributed by atoms with E-state index in [0.29, 0.717) is 0 Å². The van der Waals surface area contributed by atoms with Crippen molar-refractivity contribution in [1.82, 2.24) is 4.98 Å². The van der Waals surface area contributed by atoms with Crippen LogP contribution in [0.3, 0.4) is 0 Å². The summed E-state index contributed by atoms with van der Waals surface area (Å²) >= 11 is 20.3. The minimum atomic E-state index is -2.42. The second-order valence-electron chi connectivity index (χ2n) is 2.28. The molecule has 1 aromatic rings. The largest absolute Gasteiger partial charge is 0.302 e. The van der Waals surface area contributed by atoms with Crippen molar-refractivity contribution in [2.75, 3.05) is 0 Å². The number of hydrogen-bond acceptors (Lipinski definition) is 3. The van der Waals surface area contributed by atoms with Crippen LogP contribution in [0.25, 0.3) is 0 Å². The molecule has 4 nitrogen and oxygen atoms in total. The summed E-state index contributed by atoms with van der Waals surface area (Å²) in [4.78, 5) is 3.63. The summed E-state index contributed by atoms with van der Waals surface area (Å²) in [5.74, 6) is 0. The predicted octanol–water partition coefficient (Wildman–Crippen LogP) is 3.35. The normalized spacial score (nSPS) is 12.9. The van der Waals surface area contributed by atoms with Crippen LogP contribution >= 0.6 is 46.4 Å². The highest BCUT2D eigenvalue weighted by atomic mass is 35.5. The number of pyridine rings is 1. The molecule has 1 rings (SSSR count). The first-order valence-electron chi connectivity index (χ1n) is 3.36. The number of halogens is 4. The van der Waals surface area contributed by atoms with E-state index in [2.05, 4.69) is 9.17 Å². The van der Waals surface area contributed by atoms with Gasteiger partial charge in [0.15, 0.2) is 0 Å². The molecule has 0 aliphatic rings. The van der Waals surface area contributed by atoms with Gasteiger partial charge in [-0.15, -0.1) is 0 Å². The van der Waals surface area contributed by atoms with Gasteiger partial charge in [0.1, 0.15) is 10.3 Å². The molecule has 0 radical (unpaired) electrons. The second kappa shape index (κ2) is 5.63. The maximum atomic E-state index is 10.3. The van der Waals surface area contributed by atoms with E-state index < -0.39 is 11.4 Å². The quantitative estimate of drug-likeness (QED) is 0.687. The maximum absolute atomic E-state index is 10.3. The molecule has 1 atom stereocenters. The monoisotopic (exact) mass is 309 g/mol. The lowest BCUT2D eigenvalue weighted by Crippen LogP contribution is -1.99. The van der Waals surface area contributed by atoms with Crippen LogP contribution in [0.5, 0.6) is 0 Å². The Morgan fingerprint density at radius 1 is 1.20 bits per heavy atom. The highest BCUT2D eigenvalue weighted by Gasteiger charge is 2.16. The van der Waals surface area contributed by atoms with Gasteiger partial charge in [-0.1, -0.05) is 46.4 Å². The molecule has 1 aromatic heterocycles. The molecule has 0 fully saturated rings. The molecule has 0 spiro atoms. The minimum absolute atomic E-state index is 0.0384. The van der Waals surface area contributed by atoms with E-state index in [9.17, 15) is 4.21 Å². The van der Waals surface area contributed by atoms with Crippen molar-refractivity contribution in [1.29, 1.82) is 0 Å². The van der Waals surface area contributed by atoms with E-state index in [1.807, 2.05) is 0 Å². The van der Waals surface area contributed by atoms with E-state index in [0.717, 1.165) is 0 Å². The summed E-state index contributed by atoms with van der Waals surface area (Å²) in [7, 11) is 0. The van der Waals surface area contributed by atoms with Crippen LogP contribution in [0.1, 0.15) is 5.56 Å². The molecule has 9 heteroatoms. The molecule has 0 saturated carbocycles. The van der Waals surface area contributed by atoms with Crippen molar-refractivity contribution < 1.29 is 12.9 Å². The van der Waals surface area contributed by atoms with E-state index in [1.165, 1.54) is 0 Å². The third kappa shape index (κ3) is 3.42. The van der Waals surface area contributed by atoms with Gasteiger partial charge in [-0.05, 0) is 0 Å². The third-order valence-electron chi connectivity index (χ3n) is 1.39. The molecule has 15 heavy (non-hydrogen) atoms. The Kier molecular flexibility index (Phi) is 5.05. The topological polar surface area (TPSA) is 59.4 Å². The molecule has 0 saturated heterocycles. The lowest BCUT2D eigenvalue weighted by atomic mass is 10.3. The van der Waals surface area contributed by atoms with Crippen LogP contribution < -0.4 is 0 Å². The Hall–Kier alpha value is 0.380. The summed E-state index contributed by atoms with van der Waals surface area (Å²) in [5, 5.41) is -0.0187. The van der Waals surface area contributed by atoms with E-state index >= 15 is 0 Å². The van der Waals surface area contributed by atoms with Crippen molar-refractivity contribution in [2.24, 2.45) is 0 Å². The van der Waals surface area contributed by atoms with Crippen LogP contribution in [-0.4, -0.2) is 13.7 Å². The highest BCUT2D eigenvalue weighted by molar-refractivity contribution is 7.74. The van der Waals surface area contributed by atoms with Crippen LogP contribution in [0.15, 0.2) is 0 Å². The summed E-state index contributed by atoms with van der Waals surface area (Å²) in [6, 6.07) is 0. The van der Waals surface area contributed by atoms with Crippen molar-refractivity contribution in [2.45, 2.75) is 6.61 Å². The number of hydrogen-bond donors (Lipinski definition) is 1. The van der Waals surface area contributed by atoms with Gasteiger partial charge in [0.05, 0.1) is 16.7 Å². The molecule has 1 heterocycles. The van der Waals surface area contributed by atoms with Crippen molar-refractivity contribution in [3.05, 3.63) is 25.9 Å². The summed E-state index contributed by atoms with van der Waals surface area (Å²) < 4.78 is 23.1. The summed E-state index contributed by atoms with van der Waals surface area (Å²) in [5.41, 5.74) is 0.214. The lowest BCUT2D eigenvalue weighted by Gasteiger charge is -2.07. The van der Waals surface area contributed by atoms with Gasteiger partial charge in [-0.25, -0.2) is 4.98 Å². The second-order valence-corrected chi connectivity index (χ2v) is 4.42. The zero-order valence-corrected chi connectivity index (χ0v) is 10.7. The third-order valence-corrected chi connectivity index (χ3v) is 3.27. The first-order chi connectivity index (χ1) is 6.93. The Balaban J connectivity index is 3.09.